The van der Waals surface area contributed by atoms with E-state index in [2.05, 4.69) is 0 Å². The fourth-order valence-corrected chi connectivity index (χ4v) is 4.17. The Labute approximate surface area is 214 Å². The first-order chi connectivity index (χ1) is 18.1. The van der Waals surface area contributed by atoms with Crippen LogP contribution in [0.25, 0.3) is 22.3 Å². The fourth-order valence-electron chi connectivity index (χ4n) is 4.17. The molecule has 4 N–H and O–H groups in total. The lowest BCUT2D eigenvalue weighted by molar-refractivity contribution is 0.0652. The van der Waals surface area contributed by atoms with E-state index in [1.165, 1.54) is 84.9 Å². The number of benzene rings is 4. The Balaban J connectivity index is 1.65. The topological polar surface area (TPSA) is 166 Å². The molecule has 0 unspecified atom stereocenters. The van der Waals surface area contributed by atoms with Crippen molar-refractivity contribution in [2.24, 2.45) is 0 Å². The first-order valence-corrected chi connectivity index (χ1v) is 11.0. The van der Waals surface area contributed by atoms with Gasteiger partial charge in [-0.15, -0.1) is 0 Å². The van der Waals surface area contributed by atoms with Gasteiger partial charge >= 0.3 is 23.9 Å². The SMILES string of the molecule is O=C(c1ccc(-c2cccc(C(=O)O)c2C(=O)O)cc1)c1ccc(-c2cccc(C(=O)O)c2C(=O)O)cc1. The number of carbonyl (C=O) groups is 5. The molecule has 0 amide bonds. The molecule has 0 fully saturated rings. The third kappa shape index (κ3) is 4.76. The number of rotatable bonds is 8. The van der Waals surface area contributed by atoms with Crippen molar-refractivity contribution in [3.8, 4) is 22.3 Å². The summed E-state index contributed by atoms with van der Waals surface area (Å²) in [4.78, 5) is 59.4. The van der Waals surface area contributed by atoms with Crippen LogP contribution in [0.1, 0.15) is 57.4 Å². The minimum absolute atomic E-state index is 0.193. The molecule has 0 bridgehead atoms. The largest absolute Gasteiger partial charge is 0.478 e. The lowest BCUT2D eigenvalue weighted by Gasteiger charge is -2.11. The summed E-state index contributed by atoms with van der Waals surface area (Å²) in [6.07, 6.45) is 0. The summed E-state index contributed by atoms with van der Waals surface area (Å²) < 4.78 is 0. The number of hydrogen-bond donors (Lipinski definition) is 4. The van der Waals surface area contributed by atoms with E-state index in [1.54, 1.807) is 0 Å². The zero-order chi connectivity index (χ0) is 27.6. The van der Waals surface area contributed by atoms with E-state index in [4.69, 9.17) is 0 Å². The maximum absolute atomic E-state index is 13.0. The molecule has 4 aromatic rings. The van der Waals surface area contributed by atoms with Gasteiger partial charge in [0.2, 0.25) is 0 Å². The Morgan fingerprint density at radius 1 is 0.421 bits per heavy atom. The van der Waals surface area contributed by atoms with Gasteiger partial charge in [-0.2, -0.15) is 0 Å². The van der Waals surface area contributed by atoms with E-state index in [9.17, 15) is 44.4 Å². The minimum atomic E-state index is -1.39. The van der Waals surface area contributed by atoms with Crippen molar-refractivity contribution in [1.82, 2.24) is 0 Å². The lowest BCUT2D eigenvalue weighted by Crippen LogP contribution is -2.10. The van der Waals surface area contributed by atoms with E-state index >= 15 is 0 Å². The van der Waals surface area contributed by atoms with Crippen LogP contribution < -0.4 is 0 Å². The van der Waals surface area contributed by atoms with Crippen molar-refractivity contribution in [2.45, 2.75) is 0 Å². The summed E-state index contributed by atoms with van der Waals surface area (Å²) in [7, 11) is 0. The molecule has 0 aliphatic rings. The van der Waals surface area contributed by atoms with Gasteiger partial charge in [0.25, 0.3) is 0 Å². The third-order valence-corrected chi connectivity index (χ3v) is 5.93. The van der Waals surface area contributed by atoms with E-state index < -0.39 is 23.9 Å². The molecule has 9 nitrogen and oxygen atoms in total. The second-order valence-corrected chi connectivity index (χ2v) is 8.16. The second kappa shape index (κ2) is 10.2. The summed E-state index contributed by atoms with van der Waals surface area (Å²) in [5, 5.41) is 37.8. The van der Waals surface area contributed by atoms with Crippen LogP contribution in [0.15, 0.2) is 84.9 Å². The zero-order valence-corrected chi connectivity index (χ0v) is 19.4. The quantitative estimate of drug-likeness (QED) is 0.237. The maximum atomic E-state index is 13.0. The van der Waals surface area contributed by atoms with Gasteiger partial charge in [0.15, 0.2) is 5.78 Å². The summed E-state index contributed by atoms with van der Waals surface area (Å²) in [6, 6.07) is 20.3. The van der Waals surface area contributed by atoms with Gasteiger partial charge in [0.05, 0.1) is 22.3 Å². The van der Waals surface area contributed by atoms with Crippen LogP contribution in [0, 0.1) is 0 Å². The second-order valence-electron chi connectivity index (χ2n) is 8.16. The highest BCUT2D eigenvalue weighted by atomic mass is 16.4. The van der Waals surface area contributed by atoms with Gasteiger partial charge in [0, 0.05) is 11.1 Å². The average Bonchev–Trinajstić information content (AvgIpc) is 2.91. The summed E-state index contributed by atoms with van der Waals surface area (Å²) in [6.45, 7) is 0. The van der Waals surface area contributed by atoms with Crippen LogP contribution in [-0.4, -0.2) is 50.1 Å². The Bertz CT molecular complexity index is 1490. The summed E-state index contributed by atoms with van der Waals surface area (Å²) >= 11 is 0. The Morgan fingerprint density at radius 3 is 1.05 bits per heavy atom. The van der Waals surface area contributed by atoms with Crippen molar-refractivity contribution in [1.29, 1.82) is 0 Å². The molecular formula is C29H18O9. The average molecular weight is 510 g/mol. The van der Waals surface area contributed by atoms with Gasteiger partial charge in [0.1, 0.15) is 0 Å². The van der Waals surface area contributed by atoms with E-state index in [0.29, 0.717) is 11.1 Å². The molecule has 0 aromatic heterocycles. The monoisotopic (exact) mass is 510 g/mol. The number of carbonyl (C=O) groups excluding carboxylic acids is 1. The Hall–Kier alpha value is -5.57. The summed E-state index contributed by atoms with van der Waals surface area (Å²) in [5.74, 6) is -5.88. The predicted octanol–water partition coefficient (Wildman–Crippen LogP) is 5.04. The highest BCUT2D eigenvalue weighted by molar-refractivity contribution is 6.11. The maximum Gasteiger partial charge on any atom is 0.337 e. The van der Waals surface area contributed by atoms with E-state index in [1.807, 2.05) is 0 Å². The number of aromatic carboxylic acids is 4. The molecule has 0 atom stereocenters. The molecule has 0 saturated heterocycles. The first-order valence-electron chi connectivity index (χ1n) is 11.0. The molecule has 0 saturated carbocycles. The molecule has 0 heterocycles. The lowest BCUT2D eigenvalue weighted by atomic mass is 9.92. The van der Waals surface area contributed by atoms with Crippen molar-refractivity contribution in [3.63, 3.8) is 0 Å². The van der Waals surface area contributed by atoms with E-state index in [0.717, 1.165) is 0 Å². The molecule has 188 valence electrons. The smallest absolute Gasteiger partial charge is 0.337 e. The molecule has 0 spiro atoms. The number of carboxylic acids is 4. The molecule has 4 aromatic carbocycles. The highest BCUT2D eigenvalue weighted by Gasteiger charge is 2.22. The fraction of sp³-hybridized carbons (Fsp3) is 0. The van der Waals surface area contributed by atoms with Crippen LogP contribution in [0.3, 0.4) is 0 Å². The van der Waals surface area contributed by atoms with Gasteiger partial charge in [-0.3, -0.25) is 4.79 Å². The van der Waals surface area contributed by atoms with Gasteiger partial charge in [-0.1, -0.05) is 72.8 Å². The first kappa shape index (κ1) is 25.5. The molecule has 38 heavy (non-hydrogen) atoms. The van der Waals surface area contributed by atoms with Crippen molar-refractivity contribution in [3.05, 3.63) is 118 Å². The molecule has 9 heteroatoms. The van der Waals surface area contributed by atoms with Gasteiger partial charge in [-0.05, 0) is 34.4 Å². The minimum Gasteiger partial charge on any atom is -0.478 e. The van der Waals surface area contributed by atoms with Crippen LogP contribution in [-0.2, 0) is 0 Å². The van der Waals surface area contributed by atoms with Gasteiger partial charge < -0.3 is 20.4 Å². The van der Waals surface area contributed by atoms with Crippen LogP contribution >= 0.6 is 0 Å². The number of ketones is 1. The third-order valence-electron chi connectivity index (χ3n) is 5.93. The van der Waals surface area contributed by atoms with Crippen molar-refractivity contribution >= 4 is 29.7 Å². The Kier molecular flexibility index (Phi) is 6.85. The van der Waals surface area contributed by atoms with Crippen LogP contribution in [0.4, 0.5) is 0 Å². The Morgan fingerprint density at radius 2 is 0.763 bits per heavy atom. The standard InChI is InChI=1S/C29H18O9/c30-25(17-11-7-15(8-12-17)19-3-1-5-21(26(31)32)23(19)28(35)36)18-13-9-16(10-14-18)20-4-2-6-22(27(33)34)24(20)29(37)38/h1-14H,(H,31,32)(H,33,34)(H,35,36)(H,37,38). The molecule has 0 aliphatic carbocycles. The van der Waals surface area contributed by atoms with E-state index in [-0.39, 0.29) is 50.3 Å². The van der Waals surface area contributed by atoms with Crippen molar-refractivity contribution in [2.75, 3.05) is 0 Å². The van der Waals surface area contributed by atoms with Gasteiger partial charge in [-0.25, -0.2) is 19.2 Å². The normalized spacial score (nSPS) is 10.5. The molecular weight excluding hydrogens is 492 g/mol. The summed E-state index contributed by atoms with van der Waals surface area (Å²) in [5.41, 5.74) is 0.361. The molecule has 0 aliphatic heterocycles. The molecule has 0 radical (unpaired) electrons. The molecule has 4 rings (SSSR count). The number of carboxylic acid groups (broad SMARTS) is 4. The van der Waals surface area contributed by atoms with Crippen LogP contribution in [0.2, 0.25) is 0 Å². The van der Waals surface area contributed by atoms with Crippen molar-refractivity contribution < 1.29 is 44.4 Å². The predicted molar refractivity (Wildman–Crippen MR) is 135 cm³/mol. The van der Waals surface area contributed by atoms with Crippen LogP contribution in [0.5, 0.6) is 0 Å². The number of hydrogen-bond acceptors (Lipinski definition) is 5. The highest BCUT2D eigenvalue weighted by Crippen LogP contribution is 2.29. The zero-order valence-electron chi connectivity index (χ0n) is 19.4.